The Balaban J connectivity index is 1.49. The van der Waals surface area contributed by atoms with E-state index in [0.29, 0.717) is 6.04 Å². The maximum atomic E-state index is 11.2. The maximum Gasteiger partial charge on any atom is 0.219 e. The molecule has 1 radical (unpaired) electrons. The van der Waals surface area contributed by atoms with E-state index in [1.54, 1.807) is 6.92 Å². The van der Waals surface area contributed by atoms with E-state index in [9.17, 15) is 4.79 Å². The van der Waals surface area contributed by atoms with Crippen LogP contribution in [-0.4, -0.2) is 61.0 Å². The van der Waals surface area contributed by atoms with Crippen molar-refractivity contribution in [2.24, 2.45) is 0 Å². The molecule has 0 spiro atoms. The van der Waals surface area contributed by atoms with E-state index >= 15 is 0 Å². The van der Waals surface area contributed by atoms with Crippen LogP contribution in [0.15, 0.2) is 24.3 Å². The molecule has 101 valence electrons. The van der Waals surface area contributed by atoms with Crippen LogP contribution in [0.5, 0.6) is 0 Å². The monoisotopic (exact) mass is 258 g/mol. The topological polar surface area (TPSA) is 26.8 Å². The number of hydrogen-bond acceptors (Lipinski definition) is 3. The van der Waals surface area contributed by atoms with E-state index in [-0.39, 0.29) is 5.91 Å². The van der Waals surface area contributed by atoms with Crippen molar-refractivity contribution < 1.29 is 4.79 Å². The molecule has 4 heteroatoms. The second-order valence-corrected chi connectivity index (χ2v) is 5.36. The second kappa shape index (κ2) is 5.21. The third kappa shape index (κ3) is 2.59. The van der Waals surface area contributed by atoms with Gasteiger partial charge in [-0.1, -0.05) is 12.1 Å². The molecule has 1 amide bonds. The van der Waals surface area contributed by atoms with Crippen molar-refractivity contribution in [2.75, 3.05) is 44.2 Å². The summed E-state index contributed by atoms with van der Waals surface area (Å²) in [6.45, 7) is 7.80. The lowest BCUT2D eigenvalue weighted by atomic mass is 10.1. The Morgan fingerprint density at radius 3 is 2.37 bits per heavy atom. The molecule has 2 fully saturated rings. The van der Waals surface area contributed by atoms with Gasteiger partial charge in [-0.05, 0) is 18.2 Å². The van der Waals surface area contributed by atoms with E-state index in [4.69, 9.17) is 0 Å². The van der Waals surface area contributed by atoms with Crippen molar-refractivity contribution in [1.29, 1.82) is 0 Å². The first kappa shape index (κ1) is 12.5. The number of carbonyl (C=O) groups is 1. The average Bonchev–Trinajstić information content (AvgIpc) is 2.38. The molecule has 1 aromatic rings. The van der Waals surface area contributed by atoms with Gasteiger partial charge in [-0.3, -0.25) is 9.69 Å². The summed E-state index contributed by atoms with van der Waals surface area (Å²) in [7, 11) is 0. The molecule has 0 saturated carbocycles. The number of likely N-dealkylation sites (tertiary alicyclic amines) is 1. The molecule has 0 N–H and O–H groups in total. The van der Waals surface area contributed by atoms with E-state index < -0.39 is 0 Å². The molecular weight excluding hydrogens is 238 g/mol. The molecule has 2 saturated heterocycles. The lowest BCUT2D eigenvalue weighted by molar-refractivity contribution is -0.136. The van der Waals surface area contributed by atoms with Crippen molar-refractivity contribution in [1.82, 2.24) is 9.80 Å². The zero-order valence-corrected chi connectivity index (χ0v) is 11.4. The summed E-state index contributed by atoms with van der Waals surface area (Å²) in [5.41, 5.74) is 1.29. The lowest BCUT2D eigenvalue weighted by Crippen LogP contribution is -2.63. The highest BCUT2D eigenvalue weighted by molar-refractivity contribution is 5.74. The second-order valence-electron chi connectivity index (χ2n) is 5.36. The summed E-state index contributed by atoms with van der Waals surface area (Å²) in [6, 6.07) is 11.8. The molecule has 0 unspecified atom stereocenters. The fourth-order valence-corrected chi connectivity index (χ4v) is 2.88. The molecular formula is C15H20N3O. The summed E-state index contributed by atoms with van der Waals surface area (Å²) >= 11 is 0. The van der Waals surface area contributed by atoms with Crippen LogP contribution in [0.25, 0.3) is 0 Å². The minimum atomic E-state index is 0.204. The Hall–Kier alpha value is -1.55. The molecule has 0 aromatic heterocycles. The summed E-state index contributed by atoms with van der Waals surface area (Å²) < 4.78 is 0. The number of benzene rings is 1. The highest BCUT2D eigenvalue weighted by atomic mass is 16.2. The van der Waals surface area contributed by atoms with Crippen molar-refractivity contribution in [3.05, 3.63) is 30.3 Å². The molecule has 0 aliphatic carbocycles. The molecule has 3 rings (SSSR count). The number of anilines is 1. The Morgan fingerprint density at radius 1 is 1.16 bits per heavy atom. The van der Waals surface area contributed by atoms with E-state index in [1.165, 1.54) is 5.69 Å². The first-order valence-electron chi connectivity index (χ1n) is 6.94. The van der Waals surface area contributed by atoms with Gasteiger partial charge in [0.1, 0.15) is 0 Å². The normalized spacial score (nSPS) is 21.3. The predicted octanol–water partition coefficient (Wildman–Crippen LogP) is 0.839. The Morgan fingerprint density at radius 2 is 1.79 bits per heavy atom. The largest absolute Gasteiger partial charge is 0.369 e. The molecule has 4 nitrogen and oxygen atoms in total. The molecule has 0 atom stereocenters. The predicted molar refractivity (Wildman–Crippen MR) is 75.1 cm³/mol. The third-order valence-electron chi connectivity index (χ3n) is 4.20. The minimum Gasteiger partial charge on any atom is -0.369 e. The molecule has 2 aliphatic rings. The minimum absolute atomic E-state index is 0.204. The summed E-state index contributed by atoms with van der Waals surface area (Å²) in [6.07, 6.45) is 0. The zero-order valence-electron chi connectivity index (χ0n) is 11.4. The highest BCUT2D eigenvalue weighted by Crippen LogP contribution is 2.20. The molecule has 1 aromatic carbocycles. The molecule has 0 bridgehead atoms. The summed E-state index contributed by atoms with van der Waals surface area (Å²) in [5.74, 6) is 0.204. The number of rotatable bonds is 2. The SMILES string of the molecule is CC(=O)N1CC(N2CCN(c3cc[c]cc3)CC2)C1. The Kier molecular flexibility index (Phi) is 3.42. The number of hydrogen-bond donors (Lipinski definition) is 0. The van der Waals surface area contributed by atoms with Crippen LogP contribution in [0.4, 0.5) is 5.69 Å². The first-order chi connectivity index (χ1) is 9.24. The first-order valence-corrected chi connectivity index (χ1v) is 6.94. The number of piperazine rings is 1. The van der Waals surface area contributed by atoms with E-state index in [2.05, 4.69) is 28.0 Å². The van der Waals surface area contributed by atoms with Crippen LogP contribution < -0.4 is 4.90 Å². The average molecular weight is 258 g/mol. The Bertz CT molecular complexity index is 434. The fourth-order valence-electron chi connectivity index (χ4n) is 2.88. The summed E-state index contributed by atoms with van der Waals surface area (Å²) in [5, 5.41) is 0. The van der Waals surface area contributed by atoms with Gasteiger partial charge in [0, 0.05) is 57.9 Å². The lowest BCUT2D eigenvalue weighted by Gasteiger charge is -2.48. The smallest absolute Gasteiger partial charge is 0.219 e. The number of nitrogens with zero attached hydrogens (tertiary/aromatic N) is 3. The van der Waals surface area contributed by atoms with Gasteiger partial charge >= 0.3 is 0 Å². The van der Waals surface area contributed by atoms with Gasteiger partial charge in [-0.25, -0.2) is 0 Å². The van der Waals surface area contributed by atoms with Gasteiger partial charge < -0.3 is 9.80 Å². The van der Waals surface area contributed by atoms with Gasteiger partial charge in [-0.2, -0.15) is 0 Å². The zero-order chi connectivity index (χ0) is 13.2. The molecule has 2 aliphatic heterocycles. The van der Waals surface area contributed by atoms with Crippen molar-refractivity contribution in [3.8, 4) is 0 Å². The molecule has 19 heavy (non-hydrogen) atoms. The van der Waals surface area contributed by atoms with Gasteiger partial charge in [0.25, 0.3) is 0 Å². The van der Waals surface area contributed by atoms with Crippen molar-refractivity contribution >= 4 is 11.6 Å². The van der Waals surface area contributed by atoms with Gasteiger partial charge in [0.15, 0.2) is 0 Å². The van der Waals surface area contributed by atoms with E-state index in [1.807, 2.05) is 17.0 Å². The van der Waals surface area contributed by atoms with Crippen molar-refractivity contribution in [2.45, 2.75) is 13.0 Å². The molecule has 2 heterocycles. The van der Waals surface area contributed by atoms with Gasteiger partial charge in [0.05, 0.1) is 0 Å². The highest BCUT2D eigenvalue weighted by Gasteiger charge is 2.34. The van der Waals surface area contributed by atoms with Crippen LogP contribution in [0, 0.1) is 6.07 Å². The van der Waals surface area contributed by atoms with Crippen molar-refractivity contribution in [3.63, 3.8) is 0 Å². The quantitative estimate of drug-likeness (QED) is 0.786. The van der Waals surface area contributed by atoms with Gasteiger partial charge in [0.2, 0.25) is 5.91 Å². The van der Waals surface area contributed by atoms with Crippen LogP contribution in [0.2, 0.25) is 0 Å². The van der Waals surface area contributed by atoms with Crippen LogP contribution in [0.1, 0.15) is 6.92 Å². The maximum absolute atomic E-state index is 11.2. The van der Waals surface area contributed by atoms with Crippen LogP contribution in [0.3, 0.4) is 0 Å². The third-order valence-corrected chi connectivity index (χ3v) is 4.20. The number of amides is 1. The van der Waals surface area contributed by atoms with Crippen LogP contribution in [-0.2, 0) is 4.79 Å². The summed E-state index contributed by atoms with van der Waals surface area (Å²) in [4.78, 5) is 18.0. The van der Waals surface area contributed by atoms with E-state index in [0.717, 1.165) is 39.3 Å². The Labute approximate surface area is 114 Å². The fraction of sp³-hybridized carbons (Fsp3) is 0.533. The number of carbonyl (C=O) groups excluding carboxylic acids is 1. The van der Waals surface area contributed by atoms with Crippen LogP contribution >= 0.6 is 0 Å². The van der Waals surface area contributed by atoms with Gasteiger partial charge in [-0.15, -0.1) is 0 Å². The standard InChI is InChI=1S/C15H20N3O/c1-13(19)18-11-15(12-18)17-9-7-16(8-10-17)14-5-3-2-4-6-14/h3-6,15H,7-12H2,1H3.